The average molecular weight is 411 g/mol. The van der Waals surface area contributed by atoms with Crippen molar-refractivity contribution in [2.75, 3.05) is 6.61 Å². The van der Waals surface area contributed by atoms with Crippen molar-refractivity contribution in [3.05, 3.63) is 65.7 Å². The van der Waals surface area contributed by atoms with E-state index in [1.54, 1.807) is 11.8 Å². The van der Waals surface area contributed by atoms with Crippen LogP contribution in [-0.4, -0.2) is 35.4 Å². The van der Waals surface area contributed by atoms with Crippen LogP contribution in [0.1, 0.15) is 52.7 Å². The monoisotopic (exact) mass is 410 g/mol. The molecule has 0 aliphatic carbocycles. The molecule has 2 amide bonds. The zero-order valence-electron chi connectivity index (χ0n) is 18.9. The fourth-order valence-corrected chi connectivity index (χ4v) is 3.05. The number of carbonyl (C=O) groups is 2. The van der Waals surface area contributed by atoms with E-state index in [2.05, 4.69) is 26.1 Å². The Morgan fingerprint density at radius 1 is 0.967 bits per heavy atom. The molecule has 0 spiro atoms. The van der Waals surface area contributed by atoms with E-state index in [-0.39, 0.29) is 29.9 Å². The first kappa shape index (κ1) is 23.5. The van der Waals surface area contributed by atoms with Crippen molar-refractivity contribution in [1.29, 1.82) is 0 Å². The van der Waals surface area contributed by atoms with Crippen molar-refractivity contribution in [2.24, 2.45) is 0 Å². The van der Waals surface area contributed by atoms with Crippen LogP contribution in [0.3, 0.4) is 0 Å². The van der Waals surface area contributed by atoms with Gasteiger partial charge in [-0.25, -0.2) is 0 Å². The second kappa shape index (κ2) is 10.3. The number of nitrogens with one attached hydrogen (secondary N) is 1. The van der Waals surface area contributed by atoms with Crippen molar-refractivity contribution in [1.82, 2.24) is 10.2 Å². The molecule has 1 N–H and O–H groups in total. The lowest BCUT2D eigenvalue weighted by molar-refractivity contribution is -0.142. The topological polar surface area (TPSA) is 58.6 Å². The Bertz CT molecular complexity index is 824. The molecule has 1 atom stereocenters. The summed E-state index contributed by atoms with van der Waals surface area (Å²) in [7, 11) is 0. The molecular formula is C25H34N2O3. The van der Waals surface area contributed by atoms with Gasteiger partial charge in [-0.3, -0.25) is 9.59 Å². The van der Waals surface area contributed by atoms with Gasteiger partial charge in [0.1, 0.15) is 11.8 Å². The van der Waals surface area contributed by atoms with E-state index in [1.807, 2.05) is 68.4 Å². The van der Waals surface area contributed by atoms with Crippen LogP contribution in [0.15, 0.2) is 54.6 Å². The first-order valence-electron chi connectivity index (χ1n) is 10.4. The van der Waals surface area contributed by atoms with Gasteiger partial charge >= 0.3 is 0 Å². The van der Waals surface area contributed by atoms with Crippen LogP contribution in [0.25, 0.3) is 0 Å². The van der Waals surface area contributed by atoms with E-state index in [9.17, 15) is 9.59 Å². The van der Waals surface area contributed by atoms with Crippen molar-refractivity contribution in [2.45, 2.75) is 65.6 Å². The SMILES string of the molecule is CC(C)NC(=O)[C@@H](C)N(Cc1ccccc1)C(=O)COc1ccc(C(C)(C)C)cc1. The molecular weight excluding hydrogens is 376 g/mol. The van der Waals surface area contributed by atoms with E-state index in [1.165, 1.54) is 5.56 Å². The summed E-state index contributed by atoms with van der Waals surface area (Å²) in [5.41, 5.74) is 2.22. The number of rotatable bonds is 8. The maximum Gasteiger partial charge on any atom is 0.261 e. The van der Waals surface area contributed by atoms with Gasteiger partial charge in [0, 0.05) is 12.6 Å². The van der Waals surface area contributed by atoms with Gasteiger partial charge in [0.2, 0.25) is 5.91 Å². The molecule has 0 fully saturated rings. The van der Waals surface area contributed by atoms with Gasteiger partial charge < -0.3 is 15.0 Å². The Balaban J connectivity index is 2.10. The van der Waals surface area contributed by atoms with Crippen LogP contribution in [0.5, 0.6) is 5.75 Å². The summed E-state index contributed by atoms with van der Waals surface area (Å²) < 4.78 is 5.74. The minimum absolute atomic E-state index is 0.00575. The number of hydrogen-bond donors (Lipinski definition) is 1. The van der Waals surface area contributed by atoms with Crippen molar-refractivity contribution >= 4 is 11.8 Å². The Kier molecular flexibility index (Phi) is 8.04. The fraction of sp³-hybridized carbons (Fsp3) is 0.440. The summed E-state index contributed by atoms with van der Waals surface area (Å²) in [5.74, 6) is 0.226. The van der Waals surface area contributed by atoms with E-state index in [0.717, 1.165) is 5.56 Å². The minimum Gasteiger partial charge on any atom is -0.484 e. The summed E-state index contributed by atoms with van der Waals surface area (Å²) in [6.07, 6.45) is 0. The maximum atomic E-state index is 13.0. The van der Waals surface area contributed by atoms with Crippen molar-refractivity contribution in [3.8, 4) is 5.75 Å². The van der Waals surface area contributed by atoms with Gasteiger partial charge in [-0.1, -0.05) is 63.2 Å². The normalized spacial score (nSPS) is 12.4. The quantitative estimate of drug-likeness (QED) is 0.706. The first-order chi connectivity index (χ1) is 14.1. The van der Waals surface area contributed by atoms with Crippen LogP contribution in [0.2, 0.25) is 0 Å². The highest BCUT2D eigenvalue weighted by Gasteiger charge is 2.26. The van der Waals surface area contributed by atoms with Gasteiger partial charge in [0.25, 0.3) is 5.91 Å². The Morgan fingerprint density at radius 2 is 1.57 bits per heavy atom. The lowest BCUT2D eigenvalue weighted by atomic mass is 9.87. The number of hydrogen-bond acceptors (Lipinski definition) is 3. The molecule has 2 rings (SSSR count). The smallest absolute Gasteiger partial charge is 0.261 e. The molecule has 0 aliphatic heterocycles. The third-order valence-corrected chi connectivity index (χ3v) is 4.88. The van der Waals surface area contributed by atoms with Gasteiger partial charge in [-0.05, 0) is 49.4 Å². The van der Waals surface area contributed by atoms with E-state index in [4.69, 9.17) is 4.74 Å². The van der Waals surface area contributed by atoms with Gasteiger partial charge in [-0.15, -0.1) is 0 Å². The van der Waals surface area contributed by atoms with Gasteiger partial charge in [0.15, 0.2) is 6.61 Å². The van der Waals surface area contributed by atoms with E-state index < -0.39 is 6.04 Å². The van der Waals surface area contributed by atoms with Crippen LogP contribution < -0.4 is 10.1 Å². The number of carbonyl (C=O) groups excluding carboxylic acids is 2. The number of nitrogens with zero attached hydrogens (tertiary/aromatic N) is 1. The molecule has 2 aromatic carbocycles. The lowest BCUT2D eigenvalue weighted by Gasteiger charge is -2.29. The van der Waals surface area contributed by atoms with Gasteiger partial charge in [0.05, 0.1) is 0 Å². The van der Waals surface area contributed by atoms with E-state index >= 15 is 0 Å². The van der Waals surface area contributed by atoms with Crippen LogP contribution in [-0.2, 0) is 21.5 Å². The number of ether oxygens (including phenoxy) is 1. The largest absolute Gasteiger partial charge is 0.484 e. The summed E-state index contributed by atoms with van der Waals surface area (Å²) >= 11 is 0. The van der Waals surface area contributed by atoms with Crippen LogP contribution >= 0.6 is 0 Å². The highest BCUT2D eigenvalue weighted by Crippen LogP contribution is 2.24. The molecule has 0 aromatic heterocycles. The van der Waals surface area contributed by atoms with E-state index in [0.29, 0.717) is 12.3 Å². The Morgan fingerprint density at radius 3 is 2.10 bits per heavy atom. The molecule has 0 unspecified atom stereocenters. The second-order valence-electron chi connectivity index (χ2n) is 8.91. The molecule has 5 heteroatoms. The summed E-state index contributed by atoms with van der Waals surface area (Å²) in [6, 6.07) is 16.8. The molecule has 30 heavy (non-hydrogen) atoms. The molecule has 0 saturated carbocycles. The van der Waals surface area contributed by atoms with Crippen LogP contribution in [0, 0.1) is 0 Å². The second-order valence-corrected chi connectivity index (χ2v) is 8.91. The third kappa shape index (κ3) is 6.90. The molecule has 0 aliphatic rings. The zero-order chi connectivity index (χ0) is 22.3. The first-order valence-corrected chi connectivity index (χ1v) is 10.4. The van der Waals surface area contributed by atoms with Crippen molar-refractivity contribution in [3.63, 3.8) is 0 Å². The molecule has 0 heterocycles. The minimum atomic E-state index is -0.605. The zero-order valence-corrected chi connectivity index (χ0v) is 18.9. The molecule has 0 bridgehead atoms. The third-order valence-electron chi connectivity index (χ3n) is 4.88. The number of amides is 2. The molecule has 162 valence electrons. The standard InChI is InChI=1S/C25H34N2O3/c1-18(2)26-24(29)19(3)27(16-20-10-8-7-9-11-20)23(28)17-30-22-14-12-21(13-15-22)25(4,5)6/h7-15,18-19H,16-17H2,1-6H3,(H,26,29)/t19-/m1/s1. The molecule has 0 radical (unpaired) electrons. The van der Waals surface area contributed by atoms with Crippen LogP contribution in [0.4, 0.5) is 0 Å². The average Bonchev–Trinajstić information content (AvgIpc) is 2.69. The molecule has 2 aromatic rings. The van der Waals surface area contributed by atoms with Crippen molar-refractivity contribution < 1.29 is 14.3 Å². The lowest BCUT2D eigenvalue weighted by Crippen LogP contribution is -2.50. The fourth-order valence-electron chi connectivity index (χ4n) is 3.05. The summed E-state index contributed by atoms with van der Waals surface area (Å²) in [5, 5.41) is 2.88. The highest BCUT2D eigenvalue weighted by molar-refractivity contribution is 5.88. The Hall–Kier alpha value is -2.82. The van der Waals surface area contributed by atoms with Gasteiger partial charge in [-0.2, -0.15) is 0 Å². The maximum absolute atomic E-state index is 13.0. The predicted molar refractivity (Wildman–Crippen MR) is 120 cm³/mol. The summed E-state index contributed by atoms with van der Waals surface area (Å²) in [4.78, 5) is 27.1. The molecule has 5 nitrogen and oxygen atoms in total. The number of benzene rings is 2. The highest BCUT2D eigenvalue weighted by atomic mass is 16.5. The predicted octanol–water partition coefficient (Wildman–Crippen LogP) is 4.30. The summed E-state index contributed by atoms with van der Waals surface area (Å²) in [6.45, 7) is 12.2. The molecule has 0 saturated heterocycles. The Labute approximate surface area is 180 Å².